The van der Waals surface area contributed by atoms with Crippen LogP contribution in [0.25, 0.3) is 11.1 Å². The average molecular weight is 368 g/mol. The fourth-order valence-corrected chi connectivity index (χ4v) is 2.64. The normalized spacial score (nSPS) is 9.96. The first-order valence-electron chi connectivity index (χ1n) is 7.39. The number of nitrogens with zero attached hydrogens (tertiary/aromatic N) is 1. The molecule has 3 heteroatoms. The second kappa shape index (κ2) is 7.84. The monoisotopic (exact) mass is 367 g/mol. The maximum absolute atomic E-state index is 12.6. The standard InChI is InChI=1S/C20H18NO.BrH/c1-16-19(18-11-6-3-7-12-18)13-8-14-21(16)20(22)15-17-9-4-2-5-10-17;/h2-14H,15H2,1H3;1H/q+1;/p-1. The zero-order valence-electron chi connectivity index (χ0n) is 12.9. The van der Waals surface area contributed by atoms with Gasteiger partial charge in [-0.2, -0.15) is 0 Å². The van der Waals surface area contributed by atoms with E-state index in [1.165, 1.54) is 0 Å². The molecule has 0 aliphatic rings. The smallest absolute Gasteiger partial charge is 0.396 e. The fourth-order valence-electron chi connectivity index (χ4n) is 2.64. The van der Waals surface area contributed by atoms with E-state index in [1.807, 2.05) is 67.7 Å². The molecule has 0 fully saturated rings. The van der Waals surface area contributed by atoms with Gasteiger partial charge >= 0.3 is 5.91 Å². The number of hydrogen-bond donors (Lipinski definition) is 0. The van der Waals surface area contributed by atoms with Crippen molar-refractivity contribution in [2.24, 2.45) is 0 Å². The molecular weight excluding hydrogens is 350 g/mol. The van der Waals surface area contributed by atoms with Crippen molar-refractivity contribution in [1.82, 2.24) is 0 Å². The minimum absolute atomic E-state index is 0. The molecule has 3 aromatic rings. The van der Waals surface area contributed by atoms with Gasteiger partial charge in [0, 0.05) is 18.6 Å². The van der Waals surface area contributed by atoms with Crippen LogP contribution in [0.1, 0.15) is 16.1 Å². The van der Waals surface area contributed by atoms with Crippen molar-refractivity contribution in [1.29, 1.82) is 0 Å². The predicted octanol–water partition coefficient (Wildman–Crippen LogP) is 0.836. The lowest BCUT2D eigenvalue weighted by atomic mass is 10.0. The molecule has 0 N–H and O–H groups in total. The molecule has 0 bridgehead atoms. The molecule has 116 valence electrons. The second-order valence-electron chi connectivity index (χ2n) is 5.30. The molecule has 2 aromatic carbocycles. The van der Waals surface area contributed by atoms with E-state index in [4.69, 9.17) is 0 Å². The molecule has 3 rings (SSSR count). The summed E-state index contributed by atoms with van der Waals surface area (Å²) in [5, 5.41) is 0. The van der Waals surface area contributed by atoms with E-state index in [2.05, 4.69) is 18.2 Å². The summed E-state index contributed by atoms with van der Waals surface area (Å²) in [5.74, 6) is 0.0847. The third-order valence-electron chi connectivity index (χ3n) is 3.80. The topological polar surface area (TPSA) is 20.9 Å². The van der Waals surface area contributed by atoms with Crippen LogP contribution in [0.4, 0.5) is 0 Å². The van der Waals surface area contributed by atoms with Gasteiger partial charge < -0.3 is 17.0 Å². The number of benzene rings is 2. The van der Waals surface area contributed by atoms with Crippen molar-refractivity contribution in [2.75, 3.05) is 0 Å². The van der Waals surface area contributed by atoms with Crippen LogP contribution in [0.2, 0.25) is 0 Å². The zero-order chi connectivity index (χ0) is 15.4. The van der Waals surface area contributed by atoms with Crippen molar-refractivity contribution in [2.45, 2.75) is 13.3 Å². The molecule has 0 atom stereocenters. The Kier molecular flexibility index (Phi) is 5.83. The lowest BCUT2D eigenvalue weighted by molar-refractivity contribution is -0.580. The number of rotatable bonds is 3. The molecule has 0 radical (unpaired) electrons. The molecule has 2 nitrogen and oxygen atoms in total. The molecule has 1 heterocycles. The van der Waals surface area contributed by atoms with Gasteiger partial charge in [-0.15, -0.1) is 4.57 Å². The van der Waals surface area contributed by atoms with Crippen LogP contribution < -0.4 is 21.5 Å². The summed E-state index contributed by atoms with van der Waals surface area (Å²) < 4.78 is 1.75. The quantitative estimate of drug-likeness (QED) is 0.628. The molecule has 1 aromatic heterocycles. The summed E-state index contributed by atoms with van der Waals surface area (Å²) in [6.45, 7) is 1.99. The highest BCUT2D eigenvalue weighted by Crippen LogP contribution is 2.20. The van der Waals surface area contributed by atoms with Crippen LogP contribution >= 0.6 is 0 Å². The molecule has 0 saturated carbocycles. The fraction of sp³-hybridized carbons (Fsp3) is 0.100. The number of pyridine rings is 1. The first-order valence-corrected chi connectivity index (χ1v) is 7.39. The Morgan fingerprint density at radius 3 is 2.13 bits per heavy atom. The van der Waals surface area contributed by atoms with Gasteiger partial charge in [0.25, 0.3) is 0 Å². The van der Waals surface area contributed by atoms with E-state index < -0.39 is 0 Å². The minimum atomic E-state index is 0. The van der Waals surface area contributed by atoms with Gasteiger partial charge in [-0.05, 0) is 17.2 Å². The highest BCUT2D eigenvalue weighted by Gasteiger charge is 2.20. The summed E-state index contributed by atoms with van der Waals surface area (Å²) in [7, 11) is 0. The maximum atomic E-state index is 12.6. The molecule has 0 spiro atoms. The second-order valence-corrected chi connectivity index (χ2v) is 5.30. The van der Waals surface area contributed by atoms with E-state index in [0.29, 0.717) is 6.42 Å². The van der Waals surface area contributed by atoms with Crippen molar-refractivity contribution in [3.05, 3.63) is 90.3 Å². The number of carbonyl (C=O) groups excluding carboxylic acids is 1. The molecule has 0 aliphatic carbocycles. The summed E-state index contributed by atoms with van der Waals surface area (Å²) in [5.41, 5.74) is 4.21. The Labute approximate surface area is 147 Å². The molecular formula is C20H18BrNO. The van der Waals surface area contributed by atoms with Gasteiger partial charge in [0.15, 0.2) is 11.9 Å². The number of hydrogen-bond acceptors (Lipinski definition) is 1. The van der Waals surface area contributed by atoms with Crippen molar-refractivity contribution in [3.8, 4) is 11.1 Å². The van der Waals surface area contributed by atoms with Crippen LogP contribution in [0, 0.1) is 6.92 Å². The summed E-state index contributed by atoms with van der Waals surface area (Å²) in [4.78, 5) is 12.6. The van der Waals surface area contributed by atoms with Crippen molar-refractivity contribution >= 4 is 5.91 Å². The van der Waals surface area contributed by atoms with E-state index in [-0.39, 0.29) is 22.9 Å². The third kappa shape index (κ3) is 3.93. The third-order valence-corrected chi connectivity index (χ3v) is 3.80. The highest BCUT2D eigenvalue weighted by atomic mass is 79.9. The number of aromatic nitrogens is 1. The van der Waals surface area contributed by atoms with E-state index >= 15 is 0 Å². The number of carbonyl (C=O) groups is 1. The van der Waals surface area contributed by atoms with E-state index in [0.717, 1.165) is 22.4 Å². The molecule has 0 amide bonds. The Morgan fingerprint density at radius 1 is 0.870 bits per heavy atom. The van der Waals surface area contributed by atoms with Crippen LogP contribution in [0.3, 0.4) is 0 Å². The lowest BCUT2D eigenvalue weighted by Crippen LogP contribution is -3.00. The Hall–Kier alpha value is -2.26. The molecule has 0 aliphatic heterocycles. The van der Waals surface area contributed by atoms with E-state index in [9.17, 15) is 4.79 Å². The SMILES string of the molecule is Cc1c(-c2ccccc2)ccc[n+]1C(=O)Cc1ccccc1.[Br-]. The van der Waals surface area contributed by atoms with Gasteiger partial charge in [0.2, 0.25) is 0 Å². The van der Waals surface area contributed by atoms with Gasteiger partial charge in [0.05, 0.1) is 6.42 Å². The van der Waals surface area contributed by atoms with Crippen LogP contribution in [-0.2, 0) is 6.42 Å². The summed E-state index contributed by atoms with van der Waals surface area (Å²) in [6.07, 6.45) is 2.25. The van der Waals surface area contributed by atoms with Crippen molar-refractivity contribution in [3.63, 3.8) is 0 Å². The van der Waals surface area contributed by atoms with Gasteiger partial charge in [-0.1, -0.05) is 60.7 Å². The first-order chi connectivity index (χ1) is 10.8. The van der Waals surface area contributed by atoms with Gasteiger partial charge in [0.1, 0.15) is 0 Å². The van der Waals surface area contributed by atoms with E-state index in [1.54, 1.807) is 4.57 Å². The number of halogens is 1. The average Bonchev–Trinajstić information content (AvgIpc) is 2.56. The Morgan fingerprint density at radius 2 is 1.48 bits per heavy atom. The summed E-state index contributed by atoms with van der Waals surface area (Å²) >= 11 is 0. The zero-order valence-corrected chi connectivity index (χ0v) is 14.5. The lowest BCUT2D eigenvalue weighted by Gasteiger charge is -2.05. The molecule has 0 unspecified atom stereocenters. The van der Waals surface area contributed by atoms with Crippen LogP contribution in [-0.4, -0.2) is 5.91 Å². The van der Waals surface area contributed by atoms with Crippen LogP contribution in [0.5, 0.6) is 0 Å². The maximum Gasteiger partial charge on any atom is 0.396 e. The molecule has 0 saturated heterocycles. The van der Waals surface area contributed by atoms with Gasteiger partial charge in [-0.25, -0.2) is 4.79 Å². The van der Waals surface area contributed by atoms with Crippen molar-refractivity contribution < 1.29 is 26.3 Å². The van der Waals surface area contributed by atoms with Gasteiger partial charge in [-0.3, -0.25) is 0 Å². The minimum Gasteiger partial charge on any atom is -1.00 e. The Bertz CT molecular complexity index is 785. The first kappa shape index (κ1) is 17.1. The summed E-state index contributed by atoms with van der Waals surface area (Å²) in [6, 6.07) is 24.0. The predicted molar refractivity (Wildman–Crippen MR) is 87.6 cm³/mol. The Balaban J connectivity index is 0.00000192. The highest BCUT2D eigenvalue weighted by molar-refractivity contribution is 5.72. The largest absolute Gasteiger partial charge is 1.00 e. The van der Waals surface area contributed by atoms with Crippen LogP contribution in [0.15, 0.2) is 79.0 Å². The molecule has 23 heavy (non-hydrogen) atoms.